The summed E-state index contributed by atoms with van der Waals surface area (Å²) in [6.45, 7) is 4.28. The zero-order valence-corrected chi connectivity index (χ0v) is 29.3. The average molecular weight is 620 g/mol. The number of esters is 1. The van der Waals surface area contributed by atoms with Crippen LogP contribution in [0.15, 0.2) is 24.3 Å². The predicted molar refractivity (Wildman–Crippen MR) is 190 cm³/mol. The van der Waals surface area contributed by atoms with E-state index in [0.717, 1.165) is 38.5 Å². The molecule has 0 amide bonds. The second-order valence-electron chi connectivity index (χ2n) is 12.7. The molecular weight excluding hydrogens is 546 g/mol. The molecule has 0 radical (unpaired) electrons. The Morgan fingerprint density at radius 2 is 0.932 bits per heavy atom. The fourth-order valence-electron chi connectivity index (χ4n) is 5.34. The van der Waals surface area contributed by atoms with E-state index in [1.54, 1.807) is 0 Å². The molecule has 0 heterocycles. The van der Waals surface area contributed by atoms with Crippen LogP contribution in [0.4, 0.5) is 0 Å². The Morgan fingerprint density at radius 3 is 1.34 bits per heavy atom. The minimum absolute atomic E-state index is 0.00909. The quantitative estimate of drug-likeness (QED) is 0.0247. The van der Waals surface area contributed by atoms with Gasteiger partial charge in [-0.2, -0.15) is 0 Å². The van der Waals surface area contributed by atoms with Gasteiger partial charge in [0.2, 0.25) is 0 Å². The molecule has 0 aliphatic heterocycles. The number of hydrogen-bond donors (Lipinski definition) is 2. The summed E-state index contributed by atoms with van der Waals surface area (Å²) in [6, 6.07) is 0. The first-order valence-corrected chi connectivity index (χ1v) is 18.9. The van der Waals surface area contributed by atoms with Gasteiger partial charge >= 0.3 is 5.97 Å². The number of ether oxygens (including phenoxy) is 2. The van der Waals surface area contributed by atoms with Gasteiger partial charge in [0.05, 0.1) is 6.61 Å². The van der Waals surface area contributed by atoms with E-state index in [4.69, 9.17) is 14.9 Å². The van der Waals surface area contributed by atoms with Crippen LogP contribution in [0.2, 0.25) is 0 Å². The normalized spacial score (nSPS) is 12.3. The number of unbranched alkanes of at least 4 members (excludes halogenated alkanes) is 22. The Hall–Kier alpha value is -1.62. The van der Waals surface area contributed by atoms with E-state index in [1.165, 1.54) is 128 Å². The number of carbonyl (C=O) groups is 1. The molecule has 2 N–H and O–H groups in total. The van der Waals surface area contributed by atoms with Crippen molar-refractivity contribution in [2.45, 2.75) is 200 Å². The van der Waals surface area contributed by atoms with Crippen molar-refractivity contribution in [2.24, 2.45) is 0 Å². The molecule has 5 heteroatoms. The Bertz CT molecular complexity index is 675. The molecule has 0 saturated heterocycles. The molecular formula is C39H73NO4. The smallest absolute Gasteiger partial charge is 0.305 e. The summed E-state index contributed by atoms with van der Waals surface area (Å²) in [5.41, 5.74) is 0. The van der Waals surface area contributed by atoms with E-state index in [-0.39, 0.29) is 25.1 Å². The highest BCUT2D eigenvalue weighted by Crippen LogP contribution is 2.12. The van der Waals surface area contributed by atoms with Crippen LogP contribution < -0.4 is 0 Å². The van der Waals surface area contributed by atoms with Crippen LogP contribution in [-0.4, -0.2) is 36.3 Å². The Morgan fingerprint density at radius 1 is 0.568 bits per heavy atom. The summed E-state index contributed by atoms with van der Waals surface area (Å²) in [7, 11) is 0. The highest BCUT2D eigenvalue weighted by atomic mass is 16.6. The third kappa shape index (κ3) is 33.3. The van der Waals surface area contributed by atoms with Crippen LogP contribution in [0.5, 0.6) is 0 Å². The Kier molecular flexibility index (Phi) is 34.5. The summed E-state index contributed by atoms with van der Waals surface area (Å²) in [5, 5.41) is 17.7. The van der Waals surface area contributed by atoms with Crippen LogP contribution in [-0.2, 0) is 14.3 Å². The van der Waals surface area contributed by atoms with Crippen molar-refractivity contribution in [1.29, 1.82) is 5.41 Å². The second kappa shape index (κ2) is 35.9. The van der Waals surface area contributed by atoms with E-state index in [0.29, 0.717) is 12.8 Å². The van der Waals surface area contributed by atoms with Crippen LogP contribution in [0.25, 0.3) is 0 Å². The van der Waals surface area contributed by atoms with Gasteiger partial charge in [0, 0.05) is 12.8 Å². The van der Waals surface area contributed by atoms with Crippen molar-refractivity contribution in [3.63, 3.8) is 0 Å². The number of nitrogens with one attached hydrogen (secondary N) is 1. The molecule has 5 nitrogen and oxygen atoms in total. The van der Waals surface area contributed by atoms with Crippen molar-refractivity contribution >= 4 is 11.9 Å². The lowest BCUT2D eigenvalue weighted by atomic mass is 10.1. The van der Waals surface area contributed by atoms with E-state index in [2.05, 4.69) is 38.2 Å². The highest BCUT2D eigenvalue weighted by molar-refractivity contribution is 5.72. The molecule has 0 fully saturated rings. The highest BCUT2D eigenvalue weighted by Gasteiger charge is 2.14. The number of aliphatic hydroxyl groups excluding tert-OH is 1. The second-order valence-corrected chi connectivity index (χ2v) is 12.7. The first-order valence-electron chi connectivity index (χ1n) is 18.9. The topological polar surface area (TPSA) is 79.6 Å². The first-order chi connectivity index (χ1) is 21.6. The van der Waals surface area contributed by atoms with Gasteiger partial charge in [-0.3, -0.25) is 10.2 Å². The molecule has 0 aromatic heterocycles. The minimum Gasteiger partial charge on any atom is -0.472 e. The molecule has 0 unspecified atom stereocenters. The predicted octanol–water partition coefficient (Wildman–Crippen LogP) is 12.0. The van der Waals surface area contributed by atoms with Crippen molar-refractivity contribution < 1.29 is 19.4 Å². The maximum Gasteiger partial charge on any atom is 0.305 e. The van der Waals surface area contributed by atoms with Crippen LogP contribution in [0.3, 0.4) is 0 Å². The molecule has 44 heavy (non-hydrogen) atoms. The van der Waals surface area contributed by atoms with Gasteiger partial charge in [-0.15, -0.1) is 0 Å². The number of hydrogen-bond acceptors (Lipinski definition) is 5. The molecule has 0 bridgehead atoms. The summed E-state index contributed by atoms with van der Waals surface area (Å²) >= 11 is 0. The summed E-state index contributed by atoms with van der Waals surface area (Å²) < 4.78 is 10.9. The van der Waals surface area contributed by atoms with Gasteiger partial charge in [-0.25, -0.2) is 0 Å². The van der Waals surface area contributed by atoms with Gasteiger partial charge in [0.15, 0.2) is 12.0 Å². The van der Waals surface area contributed by atoms with Crippen LogP contribution in [0.1, 0.15) is 194 Å². The lowest BCUT2D eigenvalue weighted by molar-refractivity contribution is -0.147. The third-order valence-corrected chi connectivity index (χ3v) is 8.25. The fraction of sp³-hybridized carbons (Fsp3) is 0.846. The zero-order valence-electron chi connectivity index (χ0n) is 29.3. The van der Waals surface area contributed by atoms with E-state index >= 15 is 0 Å². The first kappa shape index (κ1) is 42.4. The van der Waals surface area contributed by atoms with Crippen LogP contribution >= 0.6 is 0 Å². The number of carbonyl (C=O) groups excluding carboxylic acids is 1. The van der Waals surface area contributed by atoms with Crippen molar-refractivity contribution in [1.82, 2.24) is 0 Å². The molecule has 0 rings (SSSR count). The fourth-order valence-corrected chi connectivity index (χ4v) is 5.34. The standard InChI is InChI=1S/C39H73NO4/c1-3-5-7-9-11-13-15-17-19-21-23-25-27-29-31-33-38(40)44-37(35-41)36-43-39(42)34-32-30-28-26-24-22-20-18-16-14-12-10-8-6-4-2/h17-20,37,40-41H,3-16,21-36H2,1-2H3/b19-17-,20-18-,40-38?/t37-/m0/s1. The molecule has 0 saturated carbocycles. The largest absolute Gasteiger partial charge is 0.472 e. The maximum atomic E-state index is 12.1. The number of aliphatic hydroxyl groups is 1. The maximum absolute atomic E-state index is 12.1. The monoisotopic (exact) mass is 620 g/mol. The third-order valence-electron chi connectivity index (χ3n) is 8.25. The van der Waals surface area contributed by atoms with E-state index in [1.807, 2.05) is 0 Å². The van der Waals surface area contributed by atoms with Crippen molar-refractivity contribution in [2.75, 3.05) is 13.2 Å². The summed E-state index contributed by atoms with van der Waals surface area (Å²) in [4.78, 5) is 12.1. The Labute approximate surface area is 273 Å². The lowest BCUT2D eigenvalue weighted by Gasteiger charge is -2.17. The summed E-state index contributed by atoms with van der Waals surface area (Å²) in [5.74, 6) is -0.0663. The molecule has 0 aliphatic carbocycles. The lowest BCUT2D eigenvalue weighted by Crippen LogP contribution is -2.28. The minimum atomic E-state index is -0.649. The number of allylic oxidation sites excluding steroid dienone is 4. The summed E-state index contributed by atoms with van der Waals surface area (Å²) in [6.07, 6.45) is 41.9. The van der Waals surface area contributed by atoms with E-state index < -0.39 is 6.10 Å². The molecule has 0 aliphatic rings. The zero-order chi connectivity index (χ0) is 32.2. The van der Waals surface area contributed by atoms with Crippen molar-refractivity contribution in [3.8, 4) is 0 Å². The molecule has 0 aromatic carbocycles. The SMILES string of the molecule is CCCCCCCC/C=C\CCCCCCCC(=N)O[C@@H](CO)COC(=O)CCCCCCC/C=C\CCCCCCCC. The molecule has 1 atom stereocenters. The van der Waals surface area contributed by atoms with Gasteiger partial charge in [-0.05, 0) is 64.2 Å². The van der Waals surface area contributed by atoms with Gasteiger partial charge < -0.3 is 14.6 Å². The van der Waals surface area contributed by atoms with E-state index in [9.17, 15) is 9.90 Å². The van der Waals surface area contributed by atoms with Gasteiger partial charge in [-0.1, -0.05) is 141 Å². The molecule has 258 valence electrons. The molecule has 0 aromatic rings. The van der Waals surface area contributed by atoms with Gasteiger partial charge in [0.25, 0.3) is 0 Å². The molecule has 0 spiro atoms. The number of rotatable bonds is 34. The van der Waals surface area contributed by atoms with Gasteiger partial charge in [0.1, 0.15) is 6.61 Å². The van der Waals surface area contributed by atoms with Crippen molar-refractivity contribution in [3.05, 3.63) is 24.3 Å². The average Bonchev–Trinajstić information content (AvgIpc) is 3.02. The Balaban J connectivity index is 3.58. The van der Waals surface area contributed by atoms with Crippen LogP contribution in [0, 0.1) is 5.41 Å².